The molecular weight excluding hydrogens is 288 g/mol. The van der Waals surface area contributed by atoms with Gasteiger partial charge in [-0.1, -0.05) is 15.9 Å². The summed E-state index contributed by atoms with van der Waals surface area (Å²) in [7, 11) is 0. The molecule has 2 aromatic rings. The highest BCUT2D eigenvalue weighted by molar-refractivity contribution is 9.10. The number of hydrogen-bond donors (Lipinski definition) is 1. The van der Waals surface area contributed by atoms with Crippen LogP contribution in [0.25, 0.3) is 10.9 Å². The van der Waals surface area contributed by atoms with Crippen molar-refractivity contribution in [3.63, 3.8) is 0 Å². The molecule has 0 saturated carbocycles. The Morgan fingerprint density at radius 1 is 1.47 bits per heavy atom. The van der Waals surface area contributed by atoms with Crippen LogP contribution in [0.15, 0.2) is 22.7 Å². The van der Waals surface area contributed by atoms with Gasteiger partial charge in [-0.05, 0) is 18.2 Å². The van der Waals surface area contributed by atoms with Gasteiger partial charge in [0.15, 0.2) is 5.78 Å². The predicted octanol–water partition coefficient (Wildman–Crippen LogP) is 2.09. The van der Waals surface area contributed by atoms with Gasteiger partial charge in [0.1, 0.15) is 12.2 Å². The zero-order valence-corrected chi connectivity index (χ0v) is 10.6. The van der Waals surface area contributed by atoms with Crippen molar-refractivity contribution in [1.82, 2.24) is 9.78 Å². The highest BCUT2D eigenvalue weighted by Crippen LogP contribution is 2.23. The van der Waals surface area contributed by atoms with E-state index in [9.17, 15) is 9.59 Å². The number of nitrogens with zero attached hydrogens (tertiary/aromatic N) is 2. The second-order valence-corrected chi connectivity index (χ2v) is 4.53. The second kappa shape index (κ2) is 4.29. The molecule has 6 heteroatoms. The van der Waals surface area contributed by atoms with Crippen LogP contribution >= 0.6 is 15.9 Å². The van der Waals surface area contributed by atoms with Crippen LogP contribution in [0.3, 0.4) is 0 Å². The topological polar surface area (TPSA) is 72.2 Å². The Bertz CT molecular complexity index is 618. The number of carboxylic acids is 1. The molecule has 1 aromatic heterocycles. The number of aromatic nitrogens is 2. The lowest BCUT2D eigenvalue weighted by Gasteiger charge is -1.98. The van der Waals surface area contributed by atoms with Crippen LogP contribution in [0.1, 0.15) is 17.4 Å². The normalized spacial score (nSPS) is 10.7. The molecule has 0 bridgehead atoms. The average molecular weight is 297 g/mol. The third kappa shape index (κ3) is 2.21. The number of halogens is 1. The molecule has 1 N–H and O–H groups in total. The lowest BCUT2D eigenvalue weighted by molar-refractivity contribution is -0.137. The quantitative estimate of drug-likeness (QED) is 0.880. The van der Waals surface area contributed by atoms with Crippen LogP contribution < -0.4 is 0 Å². The Hall–Kier alpha value is -1.69. The van der Waals surface area contributed by atoms with E-state index < -0.39 is 5.97 Å². The first-order valence-corrected chi connectivity index (χ1v) is 5.67. The Kier molecular flexibility index (Phi) is 2.97. The van der Waals surface area contributed by atoms with Crippen molar-refractivity contribution in [2.75, 3.05) is 0 Å². The maximum atomic E-state index is 11.4. The predicted molar refractivity (Wildman–Crippen MR) is 65.1 cm³/mol. The summed E-state index contributed by atoms with van der Waals surface area (Å²) in [5.41, 5.74) is 0.934. The van der Waals surface area contributed by atoms with E-state index in [1.807, 2.05) is 0 Å². The Balaban J connectivity index is 2.70. The van der Waals surface area contributed by atoms with E-state index in [2.05, 4.69) is 21.0 Å². The largest absolute Gasteiger partial charge is 0.480 e. The van der Waals surface area contributed by atoms with Gasteiger partial charge in [-0.25, -0.2) is 0 Å². The number of fused-ring (bicyclic) bond motifs is 1. The zero-order chi connectivity index (χ0) is 12.6. The molecular formula is C11H9BrN2O3. The van der Waals surface area contributed by atoms with Crippen molar-refractivity contribution in [3.8, 4) is 0 Å². The summed E-state index contributed by atoms with van der Waals surface area (Å²) in [6.45, 7) is 1.15. The molecule has 1 aromatic carbocycles. The number of hydrogen-bond acceptors (Lipinski definition) is 3. The van der Waals surface area contributed by atoms with Crippen molar-refractivity contribution < 1.29 is 14.7 Å². The molecule has 0 amide bonds. The van der Waals surface area contributed by atoms with Crippen LogP contribution in [0.4, 0.5) is 0 Å². The van der Waals surface area contributed by atoms with E-state index in [4.69, 9.17) is 5.11 Å². The first kappa shape index (κ1) is 11.8. The molecule has 5 nitrogen and oxygen atoms in total. The third-order valence-corrected chi connectivity index (χ3v) is 2.82. The Morgan fingerprint density at radius 2 is 2.18 bits per heavy atom. The molecule has 0 aliphatic carbocycles. The maximum Gasteiger partial charge on any atom is 0.325 e. The summed E-state index contributed by atoms with van der Waals surface area (Å²) in [6, 6.07) is 5.28. The minimum Gasteiger partial charge on any atom is -0.480 e. The molecule has 0 saturated heterocycles. The van der Waals surface area contributed by atoms with Crippen molar-refractivity contribution in [1.29, 1.82) is 0 Å². The number of benzene rings is 1. The maximum absolute atomic E-state index is 11.4. The average Bonchev–Trinajstić information content (AvgIpc) is 2.55. The molecule has 2 rings (SSSR count). The van der Waals surface area contributed by atoms with Crippen molar-refractivity contribution in [2.24, 2.45) is 0 Å². The summed E-state index contributed by atoms with van der Waals surface area (Å²) in [5, 5.41) is 13.5. The van der Waals surface area contributed by atoms with E-state index in [-0.39, 0.29) is 12.3 Å². The van der Waals surface area contributed by atoms with Gasteiger partial charge in [0.25, 0.3) is 0 Å². The summed E-state index contributed by atoms with van der Waals surface area (Å²) < 4.78 is 2.14. The SMILES string of the molecule is CC(=O)c1nn(CC(=O)O)c2ccc(Br)cc12. The van der Waals surface area contributed by atoms with Gasteiger partial charge in [0.05, 0.1) is 5.52 Å². The monoisotopic (exact) mass is 296 g/mol. The summed E-state index contributed by atoms with van der Waals surface area (Å²) in [6.07, 6.45) is 0. The molecule has 0 fully saturated rings. The van der Waals surface area contributed by atoms with E-state index in [1.165, 1.54) is 11.6 Å². The molecule has 0 atom stereocenters. The molecule has 0 aliphatic heterocycles. The van der Waals surface area contributed by atoms with E-state index >= 15 is 0 Å². The van der Waals surface area contributed by atoms with Gasteiger partial charge >= 0.3 is 5.97 Å². The number of rotatable bonds is 3. The van der Waals surface area contributed by atoms with Crippen LogP contribution in [-0.2, 0) is 11.3 Å². The van der Waals surface area contributed by atoms with Gasteiger partial charge < -0.3 is 5.11 Å². The fourth-order valence-corrected chi connectivity index (χ4v) is 2.02. The van der Waals surface area contributed by atoms with E-state index in [1.54, 1.807) is 18.2 Å². The molecule has 1 heterocycles. The standard InChI is InChI=1S/C11H9BrN2O3/c1-6(15)11-8-4-7(12)2-3-9(8)14(13-11)5-10(16)17/h2-4H,5H2,1H3,(H,16,17). The van der Waals surface area contributed by atoms with Gasteiger partial charge in [0.2, 0.25) is 0 Å². The van der Waals surface area contributed by atoms with Crippen LogP contribution in [0, 0.1) is 0 Å². The lowest BCUT2D eigenvalue weighted by atomic mass is 10.2. The van der Waals surface area contributed by atoms with Crippen LogP contribution in [0.5, 0.6) is 0 Å². The zero-order valence-electron chi connectivity index (χ0n) is 8.98. The Morgan fingerprint density at radius 3 is 2.76 bits per heavy atom. The first-order chi connectivity index (χ1) is 7.99. The summed E-state index contributed by atoms with van der Waals surface area (Å²) >= 11 is 3.31. The number of ketones is 1. The van der Waals surface area contributed by atoms with Crippen LogP contribution in [-0.4, -0.2) is 26.6 Å². The fourth-order valence-electron chi connectivity index (χ4n) is 1.66. The lowest BCUT2D eigenvalue weighted by Crippen LogP contribution is -2.10. The van der Waals surface area contributed by atoms with Crippen LogP contribution in [0.2, 0.25) is 0 Å². The van der Waals surface area contributed by atoms with Gasteiger partial charge in [-0.3, -0.25) is 14.3 Å². The number of carboxylic acid groups (broad SMARTS) is 1. The summed E-state index contributed by atoms with van der Waals surface area (Å²) in [4.78, 5) is 22.1. The minimum absolute atomic E-state index is 0.183. The second-order valence-electron chi connectivity index (χ2n) is 3.62. The Labute approximate surface area is 105 Å². The molecule has 0 radical (unpaired) electrons. The third-order valence-electron chi connectivity index (χ3n) is 2.33. The minimum atomic E-state index is -0.993. The van der Waals surface area contributed by atoms with Crippen molar-refractivity contribution in [2.45, 2.75) is 13.5 Å². The molecule has 0 aliphatic rings. The van der Waals surface area contributed by atoms with E-state index in [0.717, 1.165) is 4.47 Å². The van der Waals surface area contributed by atoms with E-state index in [0.29, 0.717) is 16.6 Å². The van der Waals surface area contributed by atoms with Gasteiger partial charge in [-0.15, -0.1) is 0 Å². The molecule has 0 spiro atoms. The molecule has 17 heavy (non-hydrogen) atoms. The van der Waals surface area contributed by atoms with Gasteiger partial charge in [0, 0.05) is 16.8 Å². The number of carbonyl (C=O) groups is 2. The molecule has 0 unspecified atom stereocenters. The highest BCUT2D eigenvalue weighted by atomic mass is 79.9. The smallest absolute Gasteiger partial charge is 0.325 e. The van der Waals surface area contributed by atoms with Gasteiger partial charge in [-0.2, -0.15) is 5.10 Å². The highest BCUT2D eigenvalue weighted by Gasteiger charge is 2.15. The number of carbonyl (C=O) groups excluding carboxylic acids is 1. The molecule has 88 valence electrons. The number of Topliss-reactive ketones (excluding diaryl/α,β-unsaturated/α-hetero) is 1. The van der Waals surface area contributed by atoms with Crippen molar-refractivity contribution in [3.05, 3.63) is 28.4 Å². The van der Waals surface area contributed by atoms with Crippen molar-refractivity contribution >= 4 is 38.6 Å². The first-order valence-electron chi connectivity index (χ1n) is 4.88. The summed E-state index contributed by atoms with van der Waals surface area (Å²) in [5.74, 6) is -1.18. The fraction of sp³-hybridized carbons (Fsp3) is 0.182. The number of aliphatic carboxylic acids is 1.